The number of cyclic esters (lactones) is 1. The number of primary amides is 1. The fourth-order valence-electron chi connectivity index (χ4n) is 5.32. The van der Waals surface area contributed by atoms with Crippen LogP contribution in [0.25, 0.3) is 0 Å². The predicted molar refractivity (Wildman–Crippen MR) is 159 cm³/mol. The highest BCUT2D eigenvalue weighted by Gasteiger charge is 2.41. The molecule has 5 unspecified atom stereocenters. The number of esters is 1. The number of aliphatic hydroxyl groups excluding tert-OH is 4. The summed E-state index contributed by atoms with van der Waals surface area (Å²) in [6.07, 6.45) is 7.85. The van der Waals surface area contributed by atoms with Gasteiger partial charge in [-0.3, -0.25) is 4.79 Å². The molecule has 234 valence electrons. The Bertz CT molecular complexity index is 917. The van der Waals surface area contributed by atoms with Crippen molar-refractivity contribution in [2.24, 2.45) is 47.2 Å². The topological polar surface area (TPSA) is 160 Å². The summed E-state index contributed by atoms with van der Waals surface area (Å²) in [5.74, 6) is -2.50. The Kier molecular flexibility index (Phi) is 15.6. The van der Waals surface area contributed by atoms with Crippen molar-refractivity contribution in [3.63, 3.8) is 0 Å². The molecule has 0 spiro atoms. The SMILES string of the molecule is C=C/C=C\C(C)C(OC(N)=O)[C@@H](C)[C@H](O)[C@@H](C)C/C=C\C(C)[C@@H](O)[C@@H](C)/C=C\C(O)C[C@@H]1OC(=O)C(C)[C@@H](O)[C@H]1C. The van der Waals surface area contributed by atoms with E-state index in [0.717, 1.165) is 0 Å². The van der Waals surface area contributed by atoms with Gasteiger partial charge in [0.05, 0.1) is 30.3 Å². The average molecular weight is 580 g/mol. The Morgan fingerprint density at radius 3 is 2.20 bits per heavy atom. The molecule has 41 heavy (non-hydrogen) atoms. The third kappa shape index (κ3) is 11.4. The van der Waals surface area contributed by atoms with Gasteiger partial charge in [-0.2, -0.15) is 0 Å². The second kappa shape index (κ2) is 17.5. The van der Waals surface area contributed by atoms with Gasteiger partial charge in [-0.05, 0) is 19.3 Å². The van der Waals surface area contributed by atoms with Gasteiger partial charge in [0.25, 0.3) is 0 Å². The van der Waals surface area contributed by atoms with Crippen LogP contribution < -0.4 is 5.73 Å². The fourth-order valence-corrected chi connectivity index (χ4v) is 5.32. The molecule has 0 aromatic carbocycles. The lowest BCUT2D eigenvalue weighted by atomic mass is 9.82. The number of ether oxygens (including phenoxy) is 2. The van der Waals surface area contributed by atoms with Crippen LogP contribution in [0.2, 0.25) is 0 Å². The summed E-state index contributed by atoms with van der Waals surface area (Å²) in [5, 5.41) is 42.5. The van der Waals surface area contributed by atoms with Crippen molar-refractivity contribution < 1.29 is 39.5 Å². The average Bonchev–Trinajstić information content (AvgIpc) is 2.93. The summed E-state index contributed by atoms with van der Waals surface area (Å²) < 4.78 is 10.7. The molecule has 1 aliphatic heterocycles. The monoisotopic (exact) mass is 579 g/mol. The number of carbonyl (C=O) groups is 2. The number of hydrogen-bond donors (Lipinski definition) is 5. The smallest absolute Gasteiger partial charge is 0.404 e. The minimum Gasteiger partial charge on any atom is -0.462 e. The summed E-state index contributed by atoms with van der Waals surface area (Å²) >= 11 is 0. The van der Waals surface area contributed by atoms with Crippen molar-refractivity contribution in [2.75, 3.05) is 0 Å². The van der Waals surface area contributed by atoms with E-state index in [0.29, 0.717) is 6.42 Å². The van der Waals surface area contributed by atoms with Crippen LogP contribution in [-0.4, -0.2) is 69.1 Å². The first kappa shape index (κ1) is 36.6. The molecule has 9 nitrogen and oxygen atoms in total. The van der Waals surface area contributed by atoms with E-state index in [2.05, 4.69) is 6.58 Å². The minimum absolute atomic E-state index is 0.148. The van der Waals surface area contributed by atoms with Gasteiger partial charge in [-0.25, -0.2) is 4.79 Å². The number of hydrogen-bond acceptors (Lipinski definition) is 8. The van der Waals surface area contributed by atoms with E-state index in [1.165, 1.54) is 0 Å². The van der Waals surface area contributed by atoms with E-state index in [1.807, 2.05) is 52.8 Å². The van der Waals surface area contributed by atoms with E-state index < -0.39 is 54.6 Å². The second-order valence-corrected chi connectivity index (χ2v) is 11.9. The Labute approximate surface area is 245 Å². The Morgan fingerprint density at radius 1 is 1.00 bits per heavy atom. The van der Waals surface area contributed by atoms with Crippen molar-refractivity contribution >= 4 is 12.1 Å². The molecule has 6 N–H and O–H groups in total. The van der Waals surface area contributed by atoms with Crippen LogP contribution in [0, 0.1) is 41.4 Å². The van der Waals surface area contributed by atoms with Crippen LogP contribution in [0.4, 0.5) is 4.79 Å². The first-order chi connectivity index (χ1) is 19.1. The largest absolute Gasteiger partial charge is 0.462 e. The number of carbonyl (C=O) groups excluding carboxylic acids is 2. The summed E-state index contributed by atoms with van der Waals surface area (Å²) in [4.78, 5) is 23.4. The van der Waals surface area contributed by atoms with Gasteiger partial charge >= 0.3 is 12.1 Å². The van der Waals surface area contributed by atoms with Crippen molar-refractivity contribution in [1.82, 2.24) is 0 Å². The van der Waals surface area contributed by atoms with Gasteiger partial charge in [0, 0.05) is 36.0 Å². The Morgan fingerprint density at radius 2 is 1.61 bits per heavy atom. The zero-order valence-electron chi connectivity index (χ0n) is 25.7. The fraction of sp³-hybridized carbons (Fsp3) is 0.688. The molecule has 0 aliphatic carbocycles. The maximum atomic E-state index is 11.9. The maximum absolute atomic E-state index is 11.9. The highest BCUT2D eigenvalue weighted by atomic mass is 16.6. The molecule has 0 aromatic heterocycles. The van der Waals surface area contributed by atoms with Crippen LogP contribution in [0.5, 0.6) is 0 Å². The van der Waals surface area contributed by atoms with Crippen LogP contribution in [0.1, 0.15) is 61.3 Å². The molecule has 0 saturated carbocycles. The lowest BCUT2D eigenvalue weighted by molar-refractivity contribution is -0.179. The van der Waals surface area contributed by atoms with Crippen LogP contribution >= 0.6 is 0 Å². The molecular formula is C32H53NO8. The van der Waals surface area contributed by atoms with Crippen molar-refractivity contribution in [2.45, 2.75) is 97.9 Å². The number of amides is 1. The van der Waals surface area contributed by atoms with Crippen molar-refractivity contribution in [1.29, 1.82) is 0 Å². The summed E-state index contributed by atoms with van der Waals surface area (Å²) in [5.41, 5.74) is 5.27. The van der Waals surface area contributed by atoms with E-state index in [1.54, 1.807) is 38.2 Å². The molecule has 1 aliphatic rings. The molecule has 1 rings (SSSR count). The van der Waals surface area contributed by atoms with Gasteiger partial charge in [0.2, 0.25) is 0 Å². The number of nitrogens with two attached hydrogens (primary N) is 1. The predicted octanol–water partition coefficient (Wildman–Crippen LogP) is 3.91. The molecule has 0 radical (unpaired) electrons. The number of allylic oxidation sites excluding steroid dienone is 3. The zero-order valence-corrected chi connectivity index (χ0v) is 25.7. The lowest BCUT2D eigenvalue weighted by Crippen LogP contribution is -2.47. The summed E-state index contributed by atoms with van der Waals surface area (Å²) in [7, 11) is 0. The van der Waals surface area contributed by atoms with Gasteiger partial charge in [-0.1, -0.05) is 90.7 Å². The van der Waals surface area contributed by atoms with Crippen molar-refractivity contribution in [3.05, 3.63) is 49.1 Å². The van der Waals surface area contributed by atoms with Crippen LogP contribution in [-0.2, 0) is 14.3 Å². The van der Waals surface area contributed by atoms with Gasteiger partial charge in [0.15, 0.2) is 0 Å². The summed E-state index contributed by atoms with van der Waals surface area (Å²) in [6.45, 7) is 16.4. The van der Waals surface area contributed by atoms with E-state index in [-0.39, 0.29) is 41.9 Å². The standard InChI is InChI=1S/C32H53NO8/c1-9-10-12-21(5)30(41-32(33)39)23(7)28(36)19(3)14-11-13-18(2)27(35)20(4)15-16-25(34)17-26-22(6)29(37)24(8)31(38)40-26/h9-13,15-16,18-30,34-37H,1,14,17H2,2-8H3,(H2,33,39)/b12-10-,13-11-,16-15-/t18?,19-,20-,21?,22-,23-,24?,25?,26-,27+,28+,29-,30?/m0/s1. The second-order valence-electron chi connectivity index (χ2n) is 11.9. The van der Waals surface area contributed by atoms with Crippen LogP contribution in [0.15, 0.2) is 49.1 Å². The highest BCUT2D eigenvalue weighted by molar-refractivity contribution is 5.73. The molecule has 0 bridgehead atoms. The highest BCUT2D eigenvalue weighted by Crippen LogP contribution is 2.30. The minimum atomic E-state index is -0.891. The zero-order chi connectivity index (χ0) is 31.4. The lowest BCUT2D eigenvalue weighted by Gasteiger charge is -2.36. The molecule has 9 heteroatoms. The number of rotatable bonds is 16. The van der Waals surface area contributed by atoms with Gasteiger partial charge in [0.1, 0.15) is 12.2 Å². The third-order valence-corrected chi connectivity index (χ3v) is 8.37. The normalized spacial score (nSPS) is 28.4. The molecule has 1 amide bonds. The first-order valence-corrected chi connectivity index (χ1v) is 14.6. The van der Waals surface area contributed by atoms with Gasteiger partial charge < -0.3 is 35.6 Å². The van der Waals surface area contributed by atoms with Crippen LogP contribution in [0.3, 0.4) is 0 Å². The maximum Gasteiger partial charge on any atom is 0.404 e. The first-order valence-electron chi connectivity index (χ1n) is 14.6. The quantitative estimate of drug-likeness (QED) is 0.105. The molecule has 1 heterocycles. The third-order valence-electron chi connectivity index (χ3n) is 8.37. The molecule has 0 aromatic rings. The van der Waals surface area contributed by atoms with E-state index in [4.69, 9.17) is 15.2 Å². The Balaban J connectivity index is 2.67. The van der Waals surface area contributed by atoms with Gasteiger partial charge in [-0.15, -0.1) is 0 Å². The molecule has 13 atom stereocenters. The van der Waals surface area contributed by atoms with E-state index >= 15 is 0 Å². The molecular weight excluding hydrogens is 526 g/mol. The van der Waals surface area contributed by atoms with Crippen molar-refractivity contribution in [3.8, 4) is 0 Å². The molecule has 1 saturated heterocycles. The Hall–Kier alpha value is -2.46. The van der Waals surface area contributed by atoms with E-state index in [9.17, 15) is 30.0 Å². The summed E-state index contributed by atoms with van der Waals surface area (Å²) in [6, 6.07) is 0. The molecule has 1 fully saturated rings. The number of aliphatic hydroxyl groups is 4.